The second-order valence-corrected chi connectivity index (χ2v) is 11.7. The summed E-state index contributed by atoms with van der Waals surface area (Å²) in [4.78, 5) is 13.2. The Balaban J connectivity index is 2.52. The van der Waals surface area contributed by atoms with Gasteiger partial charge < -0.3 is 4.79 Å². The fourth-order valence-corrected chi connectivity index (χ4v) is 4.07. The number of carbonyl (C=O) groups is 1. The van der Waals surface area contributed by atoms with Gasteiger partial charge in [0.25, 0.3) is 0 Å². The zero-order chi connectivity index (χ0) is 16.2. The quantitative estimate of drug-likeness (QED) is 0.530. The molecule has 0 spiro atoms. The molecule has 0 unspecified atom stereocenters. The predicted octanol–water partition coefficient (Wildman–Crippen LogP) is 5.19. The monoisotopic (exact) mass is 308 g/mol. The first-order chi connectivity index (χ1) is 10.4. The number of benzene rings is 2. The SMILES string of the molecule is C=C[C@H](c1ccccc1)[C@@H](C(=O)[Si](C)(C)C)c1ccccc1. The standard InChI is InChI=1S/C20H24OSi/c1-5-18(16-12-8-6-9-13-16)19(20(21)22(2,3)4)17-14-10-7-11-15-17/h5-15,18-19H,1H2,2-4H3/t18-,19+/m1/s1. The third kappa shape index (κ3) is 3.63. The van der Waals surface area contributed by atoms with Crippen molar-refractivity contribution in [2.24, 2.45) is 0 Å². The Morgan fingerprint density at radius 1 is 0.909 bits per heavy atom. The van der Waals surface area contributed by atoms with Crippen molar-refractivity contribution >= 4 is 13.5 Å². The van der Waals surface area contributed by atoms with Crippen molar-refractivity contribution in [3.8, 4) is 0 Å². The lowest BCUT2D eigenvalue weighted by atomic mass is 9.82. The fourth-order valence-electron chi connectivity index (χ4n) is 2.79. The first kappa shape index (κ1) is 16.4. The second-order valence-electron chi connectivity index (χ2n) is 6.67. The molecule has 0 aliphatic heterocycles. The molecule has 0 aliphatic rings. The van der Waals surface area contributed by atoms with Crippen LogP contribution in [0.15, 0.2) is 73.3 Å². The molecule has 0 aromatic heterocycles. The molecule has 0 bridgehead atoms. The number of allylic oxidation sites excluding steroid dienone is 1. The molecule has 2 atom stereocenters. The van der Waals surface area contributed by atoms with E-state index in [0.29, 0.717) is 5.41 Å². The summed E-state index contributed by atoms with van der Waals surface area (Å²) in [5.74, 6) is -0.129. The van der Waals surface area contributed by atoms with Crippen LogP contribution in [0.4, 0.5) is 0 Å². The maximum absolute atomic E-state index is 13.2. The van der Waals surface area contributed by atoms with E-state index in [9.17, 15) is 4.79 Å². The van der Waals surface area contributed by atoms with Gasteiger partial charge in [-0.25, -0.2) is 0 Å². The topological polar surface area (TPSA) is 17.1 Å². The third-order valence-corrected chi connectivity index (χ3v) is 5.77. The van der Waals surface area contributed by atoms with Crippen molar-refractivity contribution in [2.45, 2.75) is 31.5 Å². The van der Waals surface area contributed by atoms with Crippen LogP contribution in [0.1, 0.15) is 23.0 Å². The van der Waals surface area contributed by atoms with Gasteiger partial charge in [-0.15, -0.1) is 6.58 Å². The lowest BCUT2D eigenvalue weighted by Crippen LogP contribution is -2.39. The van der Waals surface area contributed by atoms with Gasteiger partial charge in [-0.2, -0.15) is 0 Å². The molecule has 0 saturated heterocycles. The maximum Gasteiger partial charge on any atom is 0.124 e. The zero-order valence-electron chi connectivity index (χ0n) is 13.6. The third-order valence-electron chi connectivity index (χ3n) is 3.98. The van der Waals surface area contributed by atoms with Gasteiger partial charge in [-0.3, -0.25) is 0 Å². The van der Waals surface area contributed by atoms with Gasteiger partial charge in [0.05, 0.1) is 0 Å². The van der Waals surface area contributed by atoms with Crippen molar-refractivity contribution in [3.05, 3.63) is 84.4 Å². The summed E-state index contributed by atoms with van der Waals surface area (Å²) < 4.78 is 0. The highest BCUT2D eigenvalue weighted by Gasteiger charge is 2.36. The Labute approximate surface area is 134 Å². The van der Waals surface area contributed by atoms with Gasteiger partial charge in [0.15, 0.2) is 0 Å². The van der Waals surface area contributed by atoms with Crippen molar-refractivity contribution in [2.75, 3.05) is 0 Å². The summed E-state index contributed by atoms with van der Waals surface area (Å²) in [6.07, 6.45) is 1.92. The van der Waals surface area contributed by atoms with Gasteiger partial charge in [-0.1, -0.05) is 86.4 Å². The van der Waals surface area contributed by atoms with Crippen LogP contribution >= 0.6 is 0 Å². The van der Waals surface area contributed by atoms with Crippen LogP contribution in [0.2, 0.25) is 19.6 Å². The Morgan fingerprint density at radius 2 is 1.36 bits per heavy atom. The van der Waals surface area contributed by atoms with Crippen LogP contribution in [-0.4, -0.2) is 13.5 Å². The largest absolute Gasteiger partial charge is 0.305 e. The zero-order valence-corrected chi connectivity index (χ0v) is 14.6. The van der Waals surface area contributed by atoms with Crippen LogP contribution in [0.5, 0.6) is 0 Å². The molecule has 2 rings (SSSR count). The molecule has 114 valence electrons. The molecule has 0 N–H and O–H groups in total. The number of hydrogen-bond acceptors (Lipinski definition) is 1. The minimum absolute atomic E-state index is 0.0165. The van der Waals surface area contributed by atoms with E-state index < -0.39 is 8.07 Å². The molecule has 0 amide bonds. The average molecular weight is 308 g/mol. The maximum atomic E-state index is 13.2. The second kappa shape index (κ2) is 6.88. The van der Waals surface area contributed by atoms with Gasteiger partial charge in [0, 0.05) is 11.8 Å². The van der Waals surface area contributed by atoms with E-state index in [1.54, 1.807) is 0 Å². The molecule has 2 aromatic carbocycles. The molecule has 0 radical (unpaired) electrons. The van der Waals surface area contributed by atoms with E-state index in [0.717, 1.165) is 11.1 Å². The minimum atomic E-state index is -1.91. The van der Waals surface area contributed by atoms with Crippen molar-refractivity contribution in [3.63, 3.8) is 0 Å². The Kier molecular flexibility index (Phi) is 5.14. The van der Waals surface area contributed by atoms with E-state index >= 15 is 0 Å². The summed E-state index contributed by atoms with van der Waals surface area (Å²) >= 11 is 0. The van der Waals surface area contributed by atoms with E-state index in [4.69, 9.17) is 0 Å². The summed E-state index contributed by atoms with van der Waals surface area (Å²) in [6.45, 7) is 10.4. The van der Waals surface area contributed by atoms with Crippen LogP contribution in [0.25, 0.3) is 0 Å². The first-order valence-electron chi connectivity index (χ1n) is 7.72. The molecule has 2 heteroatoms. The Bertz CT molecular complexity index is 626. The Hall–Kier alpha value is -1.93. The fraction of sp³-hybridized carbons (Fsp3) is 0.250. The van der Waals surface area contributed by atoms with Gasteiger partial charge >= 0.3 is 0 Å². The highest BCUT2D eigenvalue weighted by molar-refractivity contribution is 7.04. The van der Waals surface area contributed by atoms with Gasteiger partial charge in [0.1, 0.15) is 13.5 Å². The molecule has 0 saturated carbocycles. The van der Waals surface area contributed by atoms with E-state index in [-0.39, 0.29) is 11.8 Å². The highest BCUT2D eigenvalue weighted by Crippen LogP contribution is 2.36. The lowest BCUT2D eigenvalue weighted by molar-refractivity contribution is -0.114. The molecule has 0 heterocycles. The van der Waals surface area contributed by atoms with Crippen molar-refractivity contribution in [1.29, 1.82) is 0 Å². The summed E-state index contributed by atoms with van der Waals surface area (Å²) in [5, 5.41) is 0.382. The summed E-state index contributed by atoms with van der Waals surface area (Å²) in [5.41, 5.74) is 2.24. The van der Waals surface area contributed by atoms with Crippen molar-refractivity contribution < 1.29 is 4.79 Å². The minimum Gasteiger partial charge on any atom is -0.305 e. The van der Waals surface area contributed by atoms with Crippen molar-refractivity contribution in [1.82, 2.24) is 0 Å². The van der Waals surface area contributed by atoms with Gasteiger partial charge in [0.2, 0.25) is 0 Å². The summed E-state index contributed by atoms with van der Waals surface area (Å²) in [6, 6.07) is 20.3. The average Bonchev–Trinajstić information content (AvgIpc) is 2.52. The number of hydrogen-bond donors (Lipinski definition) is 0. The van der Waals surface area contributed by atoms with Gasteiger partial charge in [-0.05, 0) is 11.1 Å². The highest BCUT2D eigenvalue weighted by atomic mass is 28.3. The first-order valence-corrected chi connectivity index (χ1v) is 11.2. The number of rotatable bonds is 6. The molecule has 22 heavy (non-hydrogen) atoms. The van der Waals surface area contributed by atoms with Crippen LogP contribution < -0.4 is 0 Å². The summed E-state index contributed by atoms with van der Waals surface area (Å²) in [7, 11) is -1.91. The Morgan fingerprint density at radius 3 is 1.77 bits per heavy atom. The van der Waals surface area contributed by atoms with E-state index in [1.807, 2.05) is 42.5 Å². The normalized spacial score (nSPS) is 14.1. The lowest BCUT2D eigenvalue weighted by Gasteiger charge is -2.29. The molecule has 0 fully saturated rings. The van der Waals surface area contributed by atoms with Crippen LogP contribution in [0, 0.1) is 0 Å². The van der Waals surface area contributed by atoms with E-state index in [1.165, 1.54) is 0 Å². The smallest absolute Gasteiger partial charge is 0.124 e. The molecular formula is C20H24OSi. The van der Waals surface area contributed by atoms with Crippen LogP contribution in [0.3, 0.4) is 0 Å². The molecule has 2 aromatic rings. The molecular weight excluding hydrogens is 284 g/mol. The van der Waals surface area contributed by atoms with Crippen LogP contribution in [-0.2, 0) is 4.79 Å². The molecule has 1 nitrogen and oxygen atoms in total. The predicted molar refractivity (Wildman–Crippen MR) is 96.9 cm³/mol. The molecule has 0 aliphatic carbocycles. The van der Waals surface area contributed by atoms with E-state index in [2.05, 4.69) is 50.5 Å². The number of carbonyl (C=O) groups excluding carboxylic acids is 1.